The van der Waals surface area contributed by atoms with Crippen LogP contribution in [0.1, 0.15) is 23.2 Å². The van der Waals surface area contributed by atoms with E-state index in [-0.39, 0.29) is 5.91 Å². The number of carbonyl (C=O) groups is 1. The van der Waals surface area contributed by atoms with E-state index in [9.17, 15) is 4.79 Å². The molecule has 1 amide bonds. The normalized spacial score (nSPS) is 11.7. The largest absolute Gasteiger partial charge is 0.493 e. The van der Waals surface area contributed by atoms with Gasteiger partial charge in [-0.3, -0.25) is 4.79 Å². The second-order valence-electron chi connectivity index (χ2n) is 10.6. The van der Waals surface area contributed by atoms with Crippen LogP contribution in [0.15, 0.2) is 60.7 Å². The molecule has 40 heavy (non-hydrogen) atoms. The van der Waals surface area contributed by atoms with E-state index in [2.05, 4.69) is 39.2 Å². The van der Waals surface area contributed by atoms with Crippen molar-refractivity contribution >= 4 is 28.0 Å². The highest BCUT2D eigenvalue weighted by Crippen LogP contribution is 2.27. The summed E-state index contributed by atoms with van der Waals surface area (Å²) in [5, 5.41) is 2.99. The number of ether oxygens (including phenoxy) is 1. The minimum Gasteiger partial charge on any atom is -0.493 e. The van der Waals surface area contributed by atoms with Gasteiger partial charge in [-0.1, -0.05) is 24.3 Å². The Labute approximate surface area is 234 Å². The van der Waals surface area contributed by atoms with Crippen molar-refractivity contribution in [2.24, 2.45) is 0 Å². The molecule has 5 aromatic rings. The number of nitrogens with one attached hydrogen (secondary N) is 3. The topological polar surface area (TPSA) is 102 Å². The fourth-order valence-electron chi connectivity index (χ4n) is 4.56. The highest BCUT2D eigenvalue weighted by molar-refractivity contribution is 5.97. The molecule has 0 saturated carbocycles. The molecule has 0 atom stereocenters. The first-order valence-corrected chi connectivity index (χ1v) is 13.7. The molecule has 9 heteroatoms. The van der Waals surface area contributed by atoms with Gasteiger partial charge >= 0.3 is 0 Å². The fraction of sp³-hybridized carbons (Fsp3) is 0.323. The minimum atomic E-state index is -0.0741. The molecule has 0 unspecified atom stereocenters. The highest BCUT2D eigenvalue weighted by atomic mass is 16.5. The van der Waals surface area contributed by atoms with Gasteiger partial charge in [0, 0.05) is 35.8 Å². The predicted molar refractivity (Wildman–Crippen MR) is 161 cm³/mol. The van der Waals surface area contributed by atoms with Crippen molar-refractivity contribution < 1.29 is 9.53 Å². The SMILES string of the molecule is CN(C)CCCNC(=O)c1ccc2nc(-c3ccc(-c4nc5ccc(OCCCN(C)C)cc5[nH]4)cc3)[nH]c2c1. The maximum absolute atomic E-state index is 12.6. The van der Waals surface area contributed by atoms with Gasteiger partial charge in [0.2, 0.25) is 0 Å². The van der Waals surface area contributed by atoms with E-state index in [1.807, 2.05) is 74.8 Å². The Balaban J connectivity index is 1.25. The van der Waals surface area contributed by atoms with E-state index < -0.39 is 0 Å². The van der Waals surface area contributed by atoms with E-state index in [4.69, 9.17) is 14.7 Å². The van der Waals surface area contributed by atoms with Crippen LogP contribution in [0.3, 0.4) is 0 Å². The molecule has 3 N–H and O–H groups in total. The number of aromatic amines is 2. The smallest absolute Gasteiger partial charge is 0.251 e. The van der Waals surface area contributed by atoms with E-state index in [0.29, 0.717) is 18.7 Å². The average Bonchev–Trinajstić information content (AvgIpc) is 3.57. The van der Waals surface area contributed by atoms with E-state index in [1.54, 1.807) is 0 Å². The second kappa shape index (κ2) is 12.3. The van der Waals surface area contributed by atoms with Crippen LogP contribution in [-0.2, 0) is 0 Å². The molecule has 208 valence electrons. The zero-order valence-electron chi connectivity index (χ0n) is 23.6. The summed E-state index contributed by atoms with van der Waals surface area (Å²) in [5.74, 6) is 2.32. The number of benzene rings is 3. The molecular weight excluding hydrogens is 502 g/mol. The van der Waals surface area contributed by atoms with Crippen LogP contribution in [0.5, 0.6) is 5.75 Å². The summed E-state index contributed by atoms with van der Waals surface area (Å²) in [6, 6.07) is 19.6. The first-order valence-electron chi connectivity index (χ1n) is 13.7. The van der Waals surface area contributed by atoms with Crippen molar-refractivity contribution in [1.29, 1.82) is 0 Å². The molecule has 0 spiro atoms. The van der Waals surface area contributed by atoms with Crippen LogP contribution < -0.4 is 10.1 Å². The Morgan fingerprint density at radius 3 is 1.98 bits per heavy atom. The quantitative estimate of drug-likeness (QED) is 0.197. The molecule has 5 rings (SSSR count). The van der Waals surface area contributed by atoms with Crippen molar-refractivity contribution in [3.63, 3.8) is 0 Å². The Hall–Kier alpha value is -4.21. The second-order valence-corrected chi connectivity index (χ2v) is 10.6. The molecule has 0 aliphatic heterocycles. The lowest BCUT2D eigenvalue weighted by Gasteiger charge is -2.10. The summed E-state index contributed by atoms with van der Waals surface area (Å²) in [4.78, 5) is 33.1. The van der Waals surface area contributed by atoms with Gasteiger partial charge in [0.05, 0.1) is 28.7 Å². The van der Waals surface area contributed by atoms with Crippen LogP contribution in [-0.4, -0.2) is 90.1 Å². The van der Waals surface area contributed by atoms with Crippen LogP contribution >= 0.6 is 0 Å². The van der Waals surface area contributed by atoms with E-state index in [1.165, 1.54) is 0 Å². The standard InChI is InChI=1S/C31H37N7O2/c1-37(2)16-5-15-32-31(39)23-11-13-25-27(19-23)35-29(33-25)21-7-9-22(10-8-21)30-34-26-14-12-24(20-28(26)36-30)40-18-6-17-38(3)4/h7-14,19-20H,5-6,15-18H2,1-4H3,(H,32,39)(H,33,35)(H,34,36). The van der Waals surface area contributed by atoms with Crippen LogP contribution in [0.4, 0.5) is 0 Å². The van der Waals surface area contributed by atoms with E-state index >= 15 is 0 Å². The number of imidazole rings is 2. The number of aromatic nitrogens is 4. The third kappa shape index (κ3) is 6.67. The molecule has 9 nitrogen and oxygen atoms in total. The van der Waals surface area contributed by atoms with Gasteiger partial charge in [0.1, 0.15) is 17.4 Å². The Morgan fingerprint density at radius 1 is 0.775 bits per heavy atom. The molecule has 3 aromatic carbocycles. The number of nitrogens with zero attached hydrogens (tertiary/aromatic N) is 4. The summed E-state index contributed by atoms with van der Waals surface area (Å²) in [6.07, 6.45) is 1.89. The summed E-state index contributed by atoms with van der Waals surface area (Å²) in [5.41, 5.74) is 6.05. The lowest BCUT2D eigenvalue weighted by molar-refractivity contribution is 0.0952. The maximum atomic E-state index is 12.6. The summed E-state index contributed by atoms with van der Waals surface area (Å²) in [7, 11) is 8.18. The lowest BCUT2D eigenvalue weighted by atomic mass is 10.1. The molecular formula is C31H37N7O2. The van der Waals surface area contributed by atoms with Crippen molar-refractivity contribution in [1.82, 2.24) is 35.1 Å². The van der Waals surface area contributed by atoms with Crippen molar-refractivity contribution in [3.8, 4) is 28.5 Å². The van der Waals surface area contributed by atoms with E-state index in [0.717, 1.165) is 76.5 Å². The first-order chi connectivity index (χ1) is 19.4. The highest BCUT2D eigenvalue weighted by Gasteiger charge is 2.12. The van der Waals surface area contributed by atoms with Crippen molar-refractivity contribution in [2.75, 3.05) is 54.4 Å². The van der Waals surface area contributed by atoms with Gasteiger partial charge in [-0.25, -0.2) is 9.97 Å². The average molecular weight is 540 g/mol. The Bertz CT molecular complexity index is 1580. The molecule has 0 aliphatic rings. The number of hydrogen-bond acceptors (Lipinski definition) is 6. The third-order valence-corrected chi connectivity index (χ3v) is 6.72. The number of carbonyl (C=O) groups excluding carboxylic acids is 1. The lowest BCUT2D eigenvalue weighted by Crippen LogP contribution is -2.27. The minimum absolute atomic E-state index is 0.0741. The summed E-state index contributed by atoms with van der Waals surface area (Å²) >= 11 is 0. The number of hydrogen-bond donors (Lipinski definition) is 3. The number of rotatable bonds is 12. The fourth-order valence-corrected chi connectivity index (χ4v) is 4.56. The molecule has 0 bridgehead atoms. The zero-order chi connectivity index (χ0) is 28.1. The molecule has 0 aliphatic carbocycles. The number of amides is 1. The zero-order valence-corrected chi connectivity index (χ0v) is 23.6. The molecule has 0 fully saturated rings. The van der Waals surface area contributed by atoms with Crippen molar-refractivity contribution in [2.45, 2.75) is 12.8 Å². The number of H-pyrrole nitrogens is 2. The van der Waals surface area contributed by atoms with Gasteiger partial charge in [0.25, 0.3) is 5.91 Å². The molecule has 0 saturated heterocycles. The monoisotopic (exact) mass is 539 g/mol. The van der Waals surface area contributed by atoms with Crippen molar-refractivity contribution in [3.05, 3.63) is 66.2 Å². The number of fused-ring (bicyclic) bond motifs is 2. The molecule has 2 heterocycles. The Morgan fingerprint density at radius 2 is 1.35 bits per heavy atom. The Kier molecular flexibility index (Phi) is 8.42. The molecule has 2 aromatic heterocycles. The summed E-state index contributed by atoms with van der Waals surface area (Å²) < 4.78 is 5.91. The van der Waals surface area contributed by atoms with Gasteiger partial charge in [0.15, 0.2) is 0 Å². The third-order valence-electron chi connectivity index (χ3n) is 6.72. The first kappa shape index (κ1) is 27.4. The van der Waals surface area contributed by atoms with Crippen LogP contribution in [0, 0.1) is 0 Å². The van der Waals surface area contributed by atoms with Gasteiger partial charge in [-0.15, -0.1) is 0 Å². The molecule has 0 radical (unpaired) electrons. The van der Waals surface area contributed by atoms with Gasteiger partial charge in [-0.05, 0) is 77.9 Å². The van der Waals surface area contributed by atoms with Crippen LogP contribution in [0.25, 0.3) is 44.8 Å². The predicted octanol–water partition coefficient (Wildman–Crippen LogP) is 4.79. The summed E-state index contributed by atoms with van der Waals surface area (Å²) in [6.45, 7) is 3.26. The van der Waals surface area contributed by atoms with Gasteiger partial charge in [-0.2, -0.15) is 0 Å². The van der Waals surface area contributed by atoms with Gasteiger partial charge < -0.3 is 29.8 Å². The van der Waals surface area contributed by atoms with Crippen LogP contribution in [0.2, 0.25) is 0 Å². The maximum Gasteiger partial charge on any atom is 0.251 e.